The Labute approximate surface area is 174 Å². The molecule has 0 radical (unpaired) electrons. The number of halogens is 1. The van der Waals surface area contributed by atoms with E-state index in [0.29, 0.717) is 36.2 Å². The number of amides is 1. The molecule has 0 bridgehead atoms. The molecule has 0 saturated carbocycles. The predicted octanol–water partition coefficient (Wildman–Crippen LogP) is 2.60. The van der Waals surface area contributed by atoms with Crippen molar-refractivity contribution in [1.29, 1.82) is 0 Å². The van der Waals surface area contributed by atoms with Gasteiger partial charge in [-0.3, -0.25) is 9.89 Å². The van der Waals surface area contributed by atoms with Gasteiger partial charge in [-0.15, -0.1) is 12.4 Å². The van der Waals surface area contributed by atoms with Crippen LogP contribution in [0.2, 0.25) is 0 Å². The number of carbonyl (C=O) groups is 1. The molecule has 1 aromatic carbocycles. The van der Waals surface area contributed by atoms with E-state index in [1.165, 1.54) is 0 Å². The summed E-state index contributed by atoms with van der Waals surface area (Å²) >= 11 is 0. The minimum Gasteiger partial charge on any atom is -0.497 e. The molecule has 0 unspecified atom stereocenters. The summed E-state index contributed by atoms with van der Waals surface area (Å²) in [5, 5.41) is 13.3. The Morgan fingerprint density at radius 2 is 2.10 bits per heavy atom. The van der Waals surface area contributed by atoms with E-state index in [-0.39, 0.29) is 18.3 Å². The fraction of sp³-hybridized carbons (Fsp3) is 0.250. The van der Waals surface area contributed by atoms with Crippen LogP contribution in [0.5, 0.6) is 17.4 Å². The topological polar surface area (TPSA) is 101 Å². The molecule has 0 spiro atoms. The van der Waals surface area contributed by atoms with Crippen molar-refractivity contribution in [3.05, 3.63) is 65.1 Å². The summed E-state index contributed by atoms with van der Waals surface area (Å²) in [7, 11) is 1.61. The lowest BCUT2D eigenvalue weighted by molar-refractivity contribution is 0.0944. The van der Waals surface area contributed by atoms with E-state index in [9.17, 15) is 4.79 Å². The average molecular weight is 416 g/mol. The Kier molecular flexibility index (Phi) is 6.69. The van der Waals surface area contributed by atoms with Crippen LogP contribution in [0.25, 0.3) is 0 Å². The third kappa shape index (κ3) is 4.85. The third-order valence-electron chi connectivity index (χ3n) is 4.54. The van der Waals surface area contributed by atoms with E-state index in [0.717, 1.165) is 29.8 Å². The normalized spacial score (nSPS) is 12.4. The number of aromatic amines is 1. The number of benzene rings is 1. The van der Waals surface area contributed by atoms with Gasteiger partial charge in [0.2, 0.25) is 5.88 Å². The van der Waals surface area contributed by atoms with Gasteiger partial charge in [0.15, 0.2) is 5.69 Å². The fourth-order valence-corrected chi connectivity index (χ4v) is 3.04. The van der Waals surface area contributed by atoms with Crippen molar-refractivity contribution in [1.82, 2.24) is 25.8 Å². The van der Waals surface area contributed by atoms with E-state index < -0.39 is 0 Å². The molecule has 152 valence electrons. The third-order valence-corrected chi connectivity index (χ3v) is 4.54. The van der Waals surface area contributed by atoms with Crippen molar-refractivity contribution in [3.8, 4) is 17.4 Å². The molecule has 0 fully saturated rings. The van der Waals surface area contributed by atoms with Gasteiger partial charge in [0.05, 0.1) is 7.11 Å². The van der Waals surface area contributed by atoms with Crippen LogP contribution in [0.4, 0.5) is 0 Å². The van der Waals surface area contributed by atoms with Gasteiger partial charge in [-0.2, -0.15) is 5.10 Å². The molecule has 4 rings (SSSR count). The standard InChI is InChI=1S/C20H21N5O3.ClH/c1-27-14-3-2-4-15(9-14)28-18-6-5-13(10-22-18)11-23-20(26)19-16-12-21-8-7-17(16)24-25-19;/h2-6,9-10,21H,7-8,11-12H2,1H3,(H,23,26)(H,24,25);1H. The van der Waals surface area contributed by atoms with Crippen molar-refractivity contribution >= 4 is 18.3 Å². The van der Waals surface area contributed by atoms with Crippen molar-refractivity contribution in [2.75, 3.05) is 13.7 Å². The number of ether oxygens (including phenoxy) is 2. The number of nitrogens with zero attached hydrogens (tertiary/aromatic N) is 2. The SMILES string of the molecule is COc1cccc(Oc2ccc(CNC(=O)c3n[nH]c4c3CNCC4)cn2)c1.Cl. The summed E-state index contributed by atoms with van der Waals surface area (Å²) in [6.45, 7) is 1.92. The van der Waals surface area contributed by atoms with Gasteiger partial charge in [-0.25, -0.2) is 4.98 Å². The second-order valence-corrected chi connectivity index (χ2v) is 6.42. The number of methoxy groups -OCH3 is 1. The second kappa shape index (κ2) is 9.40. The first-order valence-corrected chi connectivity index (χ1v) is 9.05. The number of hydrogen-bond acceptors (Lipinski definition) is 6. The maximum Gasteiger partial charge on any atom is 0.272 e. The lowest BCUT2D eigenvalue weighted by atomic mass is 10.1. The zero-order chi connectivity index (χ0) is 19.3. The van der Waals surface area contributed by atoms with Crippen LogP contribution in [-0.2, 0) is 19.5 Å². The summed E-state index contributed by atoms with van der Waals surface area (Å²) in [4.78, 5) is 16.7. The van der Waals surface area contributed by atoms with E-state index in [1.807, 2.05) is 24.3 Å². The first kappa shape index (κ1) is 20.6. The molecule has 1 aliphatic rings. The molecule has 29 heavy (non-hydrogen) atoms. The van der Waals surface area contributed by atoms with Crippen LogP contribution in [0.3, 0.4) is 0 Å². The van der Waals surface area contributed by atoms with Crippen molar-refractivity contribution in [2.45, 2.75) is 19.5 Å². The Hall–Kier alpha value is -3.10. The van der Waals surface area contributed by atoms with Gasteiger partial charge in [0, 0.05) is 55.6 Å². The van der Waals surface area contributed by atoms with Gasteiger partial charge in [0.25, 0.3) is 5.91 Å². The van der Waals surface area contributed by atoms with Crippen LogP contribution in [-0.4, -0.2) is 34.7 Å². The molecule has 2 aromatic heterocycles. The highest BCUT2D eigenvalue weighted by Crippen LogP contribution is 2.23. The molecule has 0 aliphatic carbocycles. The van der Waals surface area contributed by atoms with E-state index in [2.05, 4.69) is 25.8 Å². The Bertz CT molecular complexity index is 975. The summed E-state index contributed by atoms with van der Waals surface area (Å²) in [5.74, 6) is 1.63. The van der Waals surface area contributed by atoms with Gasteiger partial charge in [-0.05, 0) is 17.7 Å². The highest BCUT2D eigenvalue weighted by atomic mass is 35.5. The lowest BCUT2D eigenvalue weighted by Gasteiger charge is -2.13. The molecule has 9 heteroatoms. The molecule has 8 nitrogen and oxygen atoms in total. The largest absolute Gasteiger partial charge is 0.497 e. The number of H-pyrrole nitrogens is 1. The first-order valence-electron chi connectivity index (χ1n) is 9.05. The number of carbonyl (C=O) groups excluding carboxylic acids is 1. The summed E-state index contributed by atoms with van der Waals surface area (Å²) in [6, 6.07) is 10.9. The van der Waals surface area contributed by atoms with Crippen LogP contribution in [0.15, 0.2) is 42.6 Å². The van der Waals surface area contributed by atoms with Crippen LogP contribution in [0.1, 0.15) is 27.3 Å². The summed E-state index contributed by atoms with van der Waals surface area (Å²) < 4.78 is 10.9. The Morgan fingerprint density at radius 3 is 2.90 bits per heavy atom. The average Bonchev–Trinajstić information content (AvgIpc) is 3.17. The minimum atomic E-state index is -0.196. The quantitative estimate of drug-likeness (QED) is 0.572. The van der Waals surface area contributed by atoms with Gasteiger partial charge in [0.1, 0.15) is 11.5 Å². The van der Waals surface area contributed by atoms with Crippen molar-refractivity contribution < 1.29 is 14.3 Å². The number of fused-ring (bicyclic) bond motifs is 1. The molecule has 1 amide bonds. The monoisotopic (exact) mass is 415 g/mol. The maximum atomic E-state index is 12.4. The number of nitrogens with one attached hydrogen (secondary N) is 3. The Balaban J connectivity index is 0.00000240. The van der Waals surface area contributed by atoms with Crippen LogP contribution >= 0.6 is 12.4 Å². The van der Waals surface area contributed by atoms with Gasteiger partial charge >= 0.3 is 0 Å². The molecular weight excluding hydrogens is 394 g/mol. The van der Waals surface area contributed by atoms with Gasteiger partial charge in [-0.1, -0.05) is 12.1 Å². The highest BCUT2D eigenvalue weighted by Gasteiger charge is 2.21. The summed E-state index contributed by atoms with van der Waals surface area (Å²) in [6.07, 6.45) is 2.53. The molecule has 0 atom stereocenters. The fourth-order valence-electron chi connectivity index (χ4n) is 3.04. The number of aromatic nitrogens is 3. The molecular formula is C20H22ClN5O3. The molecule has 3 aromatic rings. The molecule has 3 N–H and O–H groups in total. The molecule has 0 saturated heterocycles. The van der Waals surface area contributed by atoms with E-state index in [4.69, 9.17) is 9.47 Å². The highest BCUT2D eigenvalue weighted by molar-refractivity contribution is 5.94. The van der Waals surface area contributed by atoms with Crippen LogP contribution < -0.4 is 20.1 Å². The van der Waals surface area contributed by atoms with E-state index >= 15 is 0 Å². The number of hydrogen-bond donors (Lipinski definition) is 3. The lowest BCUT2D eigenvalue weighted by Crippen LogP contribution is -2.28. The molecule has 3 heterocycles. The Morgan fingerprint density at radius 1 is 1.24 bits per heavy atom. The summed E-state index contributed by atoms with van der Waals surface area (Å²) in [5.41, 5.74) is 3.30. The number of rotatable bonds is 6. The maximum absolute atomic E-state index is 12.4. The zero-order valence-electron chi connectivity index (χ0n) is 15.9. The minimum absolute atomic E-state index is 0. The number of pyridine rings is 1. The van der Waals surface area contributed by atoms with Crippen molar-refractivity contribution in [2.24, 2.45) is 0 Å². The second-order valence-electron chi connectivity index (χ2n) is 6.42. The van der Waals surface area contributed by atoms with E-state index in [1.54, 1.807) is 25.4 Å². The molecule has 1 aliphatic heterocycles. The smallest absolute Gasteiger partial charge is 0.272 e. The van der Waals surface area contributed by atoms with Crippen molar-refractivity contribution in [3.63, 3.8) is 0 Å². The predicted molar refractivity (Wildman–Crippen MR) is 110 cm³/mol. The van der Waals surface area contributed by atoms with Crippen LogP contribution in [0, 0.1) is 0 Å². The zero-order valence-corrected chi connectivity index (χ0v) is 16.7. The van der Waals surface area contributed by atoms with Gasteiger partial charge < -0.3 is 20.1 Å². The first-order chi connectivity index (χ1) is 13.7.